The molecule has 0 bridgehead atoms. The van der Waals surface area contributed by atoms with Gasteiger partial charge in [-0.2, -0.15) is 0 Å². The predicted molar refractivity (Wildman–Crippen MR) is 84.1 cm³/mol. The lowest BCUT2D eigenvalue weighted by Gasteiger charge is -2.01. The summed E-state index contributed by atoms with van der Waals surface area (Å²) in [6.07, 6.45) is 2.73. The van der Waals surface area contributed by atoms with Crippen LogP contribution in [0.25, 0.3) is 6.08 Å². The molecular formula is C18H16O4. The number of phenolic OH excluding ortho intramolecular Hbond substituents is 1. The molecule has 0 radical (unpaired) electrons. The molecule has 0 aliphatic carbocycles. The average Bonchev–Trinajstić information content (AvgIpc) is 2.53. The van der Waals surface area contributed by atoms with Crippen LogP contribution in [0.4, 0.5) is 0 Å². The second-order valence-electron chi connectivity index (χ2n) is 4.69. The molecule has 0 aliphatic heterocycles. The Morgan fingerprint density at radius 3 is 2.41 bits per heavy atom. The highest BCUT2D eigenvalue weighted by Crippen LogP contribution is 2.18. The molecular weight excluding hydrogens is 280 g/mol. The number of ether oxygens (including phenoxy) is 1. The molecule has 4 heteroatoms. The Morgan fingerprint density at radius 1 is 1.09 bits per heavy atom. The third kappa shape index (κ3) is 4.06. The number of Topliss-reactive ketones (excluding diaryl/α,β-unsaturated/α-hetero) is 1. The highest BCUT2D eigenvalue weighted by molar-refractivity contribution is 6.13. The highest BCUT2D eigenvalue weighted by atomic mass is 16.5. The third-order valence-electron chi connectivity index (χ3n) is 3.12. The van der Waals surface area contributed by atoms with E-state index in [4.69, 9.17) is 4.74 Å². The molecule has 0 aromatic heterocycles. The molecule has 0 fully saturated rings. The van der Waals surface area contributed by atoms with Crippen LogP contribution in [0.15, 0.2) is 54.6 Å². The van der Waals surface area contributed by atoms with E-state index in [0.29, 0.717) is 0 Å². The second kappa shape index (κ2) is 7.22. The first-order valence-electron chi connectivity index (χ1n) is 6.76. The van der Waals surface area contributed by atoms with Crippen LogP contribution in [-0.4, -0.2) is 23.8 Å². The van der Waals surface area contributed by atoms with Crippen LogP contribution >= 0.6 is 0 Å². The normalized spacial score (nSPS) is 10.6. The predicted octanol–water partition coefficient (Wildman–Crippen LogP) is 3.26. The van der Waals surface area contributed by atoms with E-state index < -0.39 is 5.78 Å². The van der Waals surface area contributed by atoms with E-state index in [1.165, 1.54) is 18.2 Å². The first kappa shape index (κ1) is 15.5. The molecule has 2 rings (SSSR count). The average molecular weight is 296 g/mol. The highest BCUT2D eigenvalue weighted by Gasteiger charge is 2.13. The largest absolute Gasteiger partial charge is 0.507 e. The van der Waals surface area contributed by atoms with Crippen LogP contribution in [0.2, 0.25) is 0 Å². The van der Waals surface area contributed by atoms with Gasteiger partial charge in [0.15, 0.2) is 11.6 Å². The fourth-order valence-electron chi connectivity index (χ4n) is 1.93. The number of hydrogen-bond acceptors (Lipinski definition) is 4. The molecule has 0 saturated heterocycles. The van der Waals surface area contributed by atoms with Gasteiger partial charge in [0.05, 0.1) is 19.1 Å². The van der Waals surface area contributed by atoms with Crippen molar-refractivity contribution >= 4 is 17.6 Å². The van der Waals surface area contributed by atoms with Crippen molar-refractivity contribution < 1.29 is 19.4 Å². The summed E-state index contributed by atoms with van der Waals surface area (Å²) in [6.45, 7) is 0. The fraction of sp³-hybridized carbons (Fsp3) is 0.111. The molecule has 1 N–H and O–H groups in total. The van der Waals surface area contributed by atoms with Crippen molar-refractivity contribution in [3.05, 3.63) is 65.7 Å². The maximum atomic E-state index is 11.9. The van der Waals surface area contributed by atoms with Gasteiger partial charge < -0.3 is 9.84 Å². The zero-order chi connectivity index (χ0) is 15.9. The Kier molecular flexibility index (Phi) is 5.09. The first-order chi connectivity index (χ1) is 10.6. The molecule has 0 spiro atoms. The van der Waals surface area contributed by atoms with E-state index in [9.17, 15) is 14.7 Å². The van der Waals surface area contributed by atoms with Crippen LogP contribution < -0.4 is 4.74 Å². The van der Waals surface area contributed by atoms with Crippen molar-refractivity contribution in [2.75, 3.05) is 7.11 Å². The lowest BCUT2D eigenvalue weighted by Crippen LogP contribution is -2.06. The monoisotopic (exact) mass is 296 g/mol. The van der Waals surface area contributed by atoms with Gasteiger partial charge in [0.2, 0.25) is 0 Å². The summed E-state index contributed by atoms with van der Waals surface area (Å²) in [4.78, 5) is 23.8. The molecule has 2 aromatic carbocycles. The van der Waals surface area contributed by atoms with Gasteiger partial charge >= 0.3 is 0 Å². The van der Waals surface area contributed by atoms with Gasteiger partial charge in [-0.05, 0) is 35.9 Å². The van der Waals surface area contributed by atoms with E-state index in [0.717, 1.165) is 11.3 Å². The summed E-state index contributed by atoms with van der Waals surface area (Å²) in [6, 6.07) is 13.4. The number of para-hydroxylation sites is 1. The number of carbonyl (C=O) groups is 2. The Morgan fingerprint density at radius 2 is 1.77 bits per heavy atom. The number of benzene rings is 2. The van der Waals surface area contributed by atoms with Gasteiger partial charge in [-0.15, -0.1) is 0 Å². The van der Waals surface area contributed by atoms with Gasteiger partial charge in [0, 0.05) is 0 Å². The summed E-state index contributed by atoms with van der Waals surface area (Å²) < 4.78 is 5.05. The number of ketones is 2. The molecule has 0 amide bonds. The summed E-state index contributed by atoms with van der Waals surface area (Å²) in [7, 11) is 1.58. The Balaban J connectivity index is 1.98. The van der Waals surface area contributed by atoms with E-state index in [1.54, 1.807) is 37.5 Å². The minimum absolute atomic E-state index is 0.112. The molecule has 0 heterocycles. The van der Waals surface area contributed by atoms with E-state index in [-0.39, 0.29) is 23.5 Å². The number of methoxy groups -OCH3 is 1. The standard InChI is InChI=1S/C18H16O4/c1-22-15-10-7-13(8-11-15)6-9-14(19)12-18(21)16-4-2-3-5-17(16)20/h2-11,20H,12H2,1H3/b9-6+. The van der Waals surface area contributed by atoms with Crippen LogP contribution in [0.5, 0.6) is 11.5 Å². The number of aromatic hydroxyl groups is 1. The molecule has 2 aromatic rings. The number of rotatable bonds is 6. The van der Waals surface area contributed by atoms with Crippen molar-refractivity contribution in [2.24, 2.45) is 0 Å². The summed E-state index contributed by atoms with van der Waals surface area (Å²) in [5.41, 5.74) is 0.998. The number of carbonyl (C=O) groups excluding carboxylic acids is 2. The number of hydrogen-bond donors (Lipinski definition) is 1. The van der Waals surface area contributed by atoms with Crippen molar-refractivity contribution in [3.63, 3.8) is 0 Å². The quantitative estimate of drug-likeness (QED) is 0.505. The third-order valence-corrected chi connectivity index (χ3v) is 3.12. The molecule has 0 aliphatic rings. The van der Waals surface area contributed by atoms with Crippen molar-refractivity contribution in [1.82, 2.24) is 0 Å². The zero-order valence-corrected chi connectivity index (χ0v) is 12.2. The van der Waals surface area contributed by atoms with Gasteiger partial charge in [-0.25, -0.2) is 0 Å². The van der Waals surface area contributed by atoms with Crippen LogP contribution in [-0.2, 0) is 4.79 Å². The molecule has 4 nitrogen and oxygen atoms in total. The van der Waals surface area contributed by atoms with Gasteiger partial charge in [-0.3, -0.25) is 9.59 Å². The molecule has 0 atom stereocenters. The summed E-state index contributed by atoms with van der Waals surface area (Å²) >= 11 is 0. The lowest BCUT2D eigenvalue weighted by molar-refractivity contribution is -0.113. The van der Waals surface area contributed by atoms with Gasteiger partial charge in [0.25, 0.3) is 0 Å². The summed E-state index contributed by atoms with van der Waals surface area (Å²) in [5, 5.41) is 9.59. The SMILES string of the molecule is COc1ccc(/C=C/C(=O)CC(=O)c2ccccc2O)cc1. The minimum atomic E-state index is -0.400. The van der Waals surface area contributed by atoms with Crippen molar-refractivity contribution in [3.8, 4) is 11.5 Å². The Bertz CT molecular complexity index is 699. The number of allylic oxidation sites excluding steroid dienone is 1. The van der Waals surface area contributed by atoms with Crippen LogP contribution in [0, 0.1) is 0 Å². The van der Waals surface area contributed by atoms with Gasteiger partial charge in [0.1, 0.15) is 11.5 Å². The Labute approximate surface area is 128 Å². The van der Waals surface area contributed by atoms with Crippen LogP contribution in [0.1, 0.15) is 22.3 Å². The number of phenols is 1. The maximum absolute atomic E-state index is 11.9. The maximum Gasteiger partial charge on any atom is 0.174 e. The van der Waals surface area contributed by atoms with E-state index >= 15 is 0 Å². The first-order valence-corrected chi connectivity index (χ1v) is 6.76. The lowest BCUT2D eigenvalue weighted by atomic mass is 10.0. The van der Waals surface area contributed by atoms with Crippen LogP contribution in [0.3, 0.4) is 0 Å². The molecule has 112 valence electrons. The van der Waals surface area contributed by atoms with Crippen molar-refractivity contribution in [2.45, 2.75) is 6.42 Å². The Hall–Kier alpha value is -2.88. The van der Waals surface area contributed by atoms with Crippen molar-refractivity contribution in [1.29, 1.82) is 0 Å². The van der Waals surface area contributed by atoms with E-state index in [1.807, 2.05) is 12.1 Å². The topological polar surface area (TPSA) is 63.6 Å². The van der Waals surface area contributed by atoms with E-state index in [2.05, 4.69) is 0 Å². The molecule has 22 heavy (non-hydrogen) atoms. The smallest absolute Gasteiger partial charge is 0.174 e. The minimum Gasteiger partial charge on any atom is -0.507 e. The second-order valence-corrected chi connectivity index (χ2v) is 4.69. The zero-order valence-electron chi connectivity index (χ0n) is 12.2. The molecule has 0 unspecified atom stereocenters. The summed E-state index contributed by atoms with van der Waals surface area (Å²) in [5.74, 6) is -0.0933. The molecule has 0 saturated carbocycles. The van der Waals surface area contributed by atoms with Gasteiger partial charge in [-0.1, -0.05) is 30.3 Å². The fourth-order valence-corrected chi connectivity index (χ4v) is 1.93.